The zero-order valence-electron chi connectivity index (χ0n) is 9.75. The van der Waals surface area contributed by atoms with Crippen molar-refractivity contribution in [2.45, 2.75) is 26.3 Å². The normalized spacial score (nSPS) is 12.5. The topological polar surface area (TPSA) is 75.3 Å². The van der Waals surface area contributed by atoms with E-state index >= 15 is 0 Å². The smallest absolute Gasteiger partial charge is 0.234 e. The maximum absolute atomic E-state index is 11.3. The molecule has 0 aromatic rings. The number of hydrogen-bond acceptors (Lipinski definition) is 4. The Labute approximate surface area is 91.5 Å². The minimum absolute atomic E-state index is 0.0514. The molecule has 5 nitrogen and oxygen atoms in total. The van der Waals surface area contributed by atoms with Crippen molar-refractivity contribution in [1.82, 2.24) is 10.6 Å². The van der Waals surface area contributed by atoms with Crippen molar-refractivity contribution in [3.63, 3.8) is 0 Å². The third-order valence-corrected chi connectivity index (χ3v) is 2.40. The molecule has 2 N–H and O–H groups in total. The van der Waals surface area contributed by atoms with Gasteiger partial charge in [0.2, 0.25) is 5.91 Å². The van der Waals surface area contributed by atoms with Gasteiger partial charge in [0.15, 0.2) is 0 Å². The Hall–Kier alpha value is -0.620. The largest absolute Gasteiger partial charge is 0.350 e. The Morgan fingerprint density at radius 1 is 1.27 bits per heavy atom. The fourth-order valence-corrected chi connectivity index (χ4v) is 1.44. The highest BCUT2D eigenvalue weighted by Crippen LogP contribution is 1.96. The Morgan fingerprint density at radius 2 is 1.80 bits per heavy atom. The van der Waals surface area contributed by atoms with E-state index in [1.807, 2.05) is 20.8 Å². The van der Waals surface area contributed by atoms with Crippen LogP contribution < -0.4 is 10.6 Å². The molecule has 0 rings (SSSR count). The molecule has 0 aliphatic heterocycles. The minimum atomic E-state index is -2.95. The van der Waals surface area contributed by atoms with E-state index in [2.05, 4.69) is 10.6 Å². The molecule has 0 unspecified atom stereocenters. The predicted molar refractivity (Wildman–Crippen MR) is 60.5 cm³/mol. The van der Waals surface area contributed by atoms with Crippen LogP contribution in [-0.4, -0.2) is 45.0 Å². The number of sulfone groups is 1. The summed E-state index contributed by atoms with van der Waals surface area (Å²) in [4.78, 5) is 11.3. The molecule has 6 heteroatoms. The number of nitrogens with one attached hydrogen (secondary N) is 2. The molecule has 0 heterocycles. The van der Waals surface area contributed by atoms with Gasteiger partial charge in [0.05, 0.1) is 12.3 Å². The summed E-state index contributed by atoms with van der Waals surface area (Å²) < 4.78 is 21.5. The Kier molecular flexibility index (Phi) is 5.23. The molecular weight excluding hydrogens is 216 g/mol. The van der Waals surface area contributed by atoms with Crippen LogP contribution in [-0.2, 0) is 14.6 Å². The quantitative estimate of drug-likeness (QED) is 0.633. The lowest BCUT2D eigenvalue weighted by molar-refractivity contribution is -0.121. The van der Waals surface area contributed by atoms with Gasteiger partial charge in [-0.05, 0) is 20.8 Å². The first kappa shape index (κ1) is 14.4. The van der Waals surface area contributed by atoms with Crippen LogP contribution in [0.2, 0.25) is 0 Å². The second-order valence-corrected chi connectivity index (χ2v) is 6.86. The van der Waals surface area contributed by atoms with E-state index in [4.69, 9.17) is 0 Å². The van der Waals surface area contributed by atoms with Crippen LogP contribution in [0.4, 0.5) is 0 Å². The maximum Gasteiger partial charge on any atom is 0.234 e. The predicted octanol–water partition coefficient (Wildman–Crippen LogP) is -0.465. The van der Waals surface area contributed by atoms with Gasteiger partial charge in [-0.1, -0.05) is 0 Å². The highest BCUT2D eigenvalue weighted by Gasteiger charge is 2.12. The van der Waals surface area contributed by atoms with Gasteiger partial charge >= 0.3 is 0 Å². The molecule has 0 atom stereocenters. The summed E-state index contributed by atoms with van der Waals surface area (Å²) in [5.41, 5.74) is -0.254. The molecule has 0 aromatic carbocycles. The molecule has 0 spiro atoms. The van der Waals surface area contributed by atoms with E-state index in [9.17, 15) is 13.2 Å². The Morgan fingerprint density at radius 3 is 2.20 bits per heavy atom. The molecule has 0 aliphatic carbocycles. The number of carbonyl (C=O) groups is 1. The van der Waals surface area contributed by atoms with E-state index in [1.165, 1.54) is 6.26 Å². The van der Waals surface area contributed by atoms with E-state index in [-0.39, 0.29) is 23.7 Å². The van der Waals surface area contributed by atoms with Gasteiger partial charge in [-0.15, -0.1) is 0 Å². The van der Waals surface area contributed by atoms with Gasteiger partial charge in [0.25, 0.3) is 0 Å². The average molecular weight is 236 g/mol. The summed E-state index contributed by atoms with van der Waals surface area (Å²) in [5, 5.41) is 5.54. The maximum atomic E-state index is 11.3. The van der Waals surface area contributed by atoms with Crippen LogP contribution >= 0.6 is 0 Å². The van der Waals surface area contributed by atoms with Crippen LogP contribution in [0.25, 0.3) is 0 Å². The van der Waals surface area contributed by atoms with E-state index < -0.39 is 9.84 Å². The third-order valence-electron chi connectivity index (χ3n) is 1.45. The second-order valence-electron chi connectivity index (χ2n) is 4.60. The summed E-state index contributed by atoms with van der Waals surface area (Å²) in [6, 6.07) is 0. The Bertz CT molecular complexity index is 304. The standard InChI is InChI=1S/C9H20N2O3S/c1-9(2,3)11-8(12)7-10-5-6-15(4,13)14/h10H,5-7H2,1-4H3,(H,11,12). The highest BCUT2D eigenvalue weighted by atomic mass is 32.2. The molecule has 0 aliphatic rings. The summed E-state index contributed by atoms with van der Waals surface area (Å²) in [6.45, 7) is 6.12. The lowest BCUT2D eigenvalue weighted by Crippen LogP contribution is -2.45. The molecule has 0 bridgehead atoms. The van der Waals surface area contributed by atoms with Crippen molar-refractivity contribution in [1.29, 1.82) is 0 Å². The summed E-state index contributed by atoms with van der Waals surface area (Å²) in [5.74, 6) is -0.0773. The van der Waals surface area contributed by atoms with Crippen molar-refractivity contribution >= 4 is 15.7 Å². The van der Waals surface area contributed by atoms with Gasteiger partial charge in [-0.25, -0.2) is 8.42 Å². The van der Waals surface area contributed by atoms with Gasteiger partial charge in [0, 0.05) is 18.3 Å². The zero-order chi connectivity index (χ0) is 12.1. The van der Waals surface area contributed by atoms with Crippen molar-refractivity contribution in [3.8, 4) is 0 Å². The molecule has 1 amide bonds. The first-order valence-electron chi connectivity index (χ1n) is 4.80. The average Bonchev–Trinajstić information content (AvgIpc) is 1.92. The summed E-state index contributed by atoms with van der Waals surface area (Å²) in [6.07, 6.45) is 1.17. The minimum Gasteiger partial charge on any atom is -0.350 e. The van der Waals surface area contributed by atoms with Crippen LogP contribution in [0.3, 0.4) is 0 Å². The van der Waals surface area contributed by atoms with Gasteiger partial charge in [-0.2, -0.15) is 0 Å². The van der Waals surface area contributed by atoms with Gasteiger partial charge in [-0.3, -0.25) is 4.79 Å². The zero-order valence-corrected chi connectivity index (χ0v) is 10.6. The van der Waals surface area contributed by atoms with Crippen molar-refractivity contribution in [3.05, 3.63) is 0 Å². The molecule has 0 radical (unpaired) electrons. The molecule has 90 valence electrons. The molecule has 0 saturated heterocycles. The van der Waals surface area contributed by atoms with Crippen LogP contribution in [0.5, 0.6) is 0 Å². The molecule has 0 saturated carbocycles. The fraction of sp³-hybridized carbons (Fsp3) is 0.889. The first-order valence-corrected chi connectivity index (χ1v) is 6.86. The third kappa shape index (κ3) is 11.3. The van der Waals surface area contributed by atoms with E-state index in [0.29, 0.717) is 6.54 Å². The van der Waals surface area contributed by atoms with Crippen LogP contribution in [0.15, 0.2) is 0 Å². The number of carbonyl (C=O) groups excluding carboxylic acids is 1. The lowest BCUT2D eigenvalue weighted by atomic mass is 10.1. The Balaban J connectivity index is 3.66. The number of rotatable bonds is 5. The van der Waals surface area contributed by atoms with Crippen molar-refractivity contribution < 1.29 is 13.2 Å². The fourth-order valence-electron chi connectivity index (χ4n) is 0.922. The lowest BCUT2D eigenvalue weighted by Gasteiger charge is -2.20. The van der Waals surface area contributed by atoms with Crippen molar-refractivity contribution in [2.75, 3.05) is 25.1 Å². The van der Waals surface area contributed by atoms with Crippen LogP contribution in [0.1, 0.15) is 20.8 Å². The van der Waals surface area contributed by atoms with Gasteiger partial charge < -0.3 is 10.6 Å². The highest BCUT2D eigenvalue weighted by molar-refractivity contribution is 7.90. The van der Waals surface area contributed by atoms with E-state index in [0.717, 1.165) is 0 Å². The SMILES string of the molecule is CC(C)(C)NC(=O)CNCCS(C)(=O)=O. The summed E-state index contributed by atoms with van der Waals surface area (Å²) >= 11 is 0. The molecule has 0 aromatic heterocycles. The van der Waals surface area contributed by atoms with Gasteiger partial charge in [0.1, 0.15) is 9.84 Å². The summed E-state index contributed by atoms with van der Waals surface area (Å²) in [7, 11) is -2.95. The second kappa shape index (κ2) is 5.46. The monoisotopic (exact) mass is 236 g/mol. The first-order chi connectivity index (χ1) is 6.60. The molecule has 15 heavy (non-hydrogen) atoms. The number of amides is 1. The van der Waals surface area contributed by atoms with Crippen LogP contribution in [0, 0.1) is 0 Å². The number of hydrogen-bond donors (Lipinski definition) is 2. The van der Waals surface area contributed by atoms with Crippen molar-refractivity contribution in [2.24, 2.45) is 0 Å². The molecular formula is C9H20N2O3S. The van der Waals surface area contributed by atoms with E-state index in [1.54, 1.807) is 0 Å². The molecule has 0 fully saturated rings.